The molecule has 154 valence electrons. The van der Waals surface area contributed by atoms with Crippen molar-refractivity contribution in [2.75, 3.05) is 12.0 Å². The van der Waals surface area contributed by atoms with Crippen LogP contribution in [0.3, 0.4) is 0 Å². The lowest BCUT2D eigenvalue weighted by molar-refractivity contribution is 0.0687. The van der Waals surface area contributed by atoms with Crippen LogP contribution in [-0.2, 0) is 0 Å². The molecule has 1 unspecified atom stereocenters. The summed E-state index contributed by atoms with van der Waals surface area (Å²) in [6.45, 7) is 0.673. The van der Waals surface area contributed by atoms with Gasteiger partial charge in [0, 0.05) is 18.0 Å². The van der Waals surface area contributed by atoms with Gasteiger partial charge in [-0.1, -0.05) is 48.5 Å². The Bertz CT molecular complexity index is 1200. The molecule has 0 spiro atoms. The van der Waals surface area contributed by atoms with E-state index in [1.807, 2.05) is 72.8 Å². The first kappa shape index (κ1) is 18.9. The molecule has 6 nitrogen and oxygen atoms in total. The van der Waals surface area contributed by atoms with Gasteiger partial charge in [-0.15, -0.1) is 0 Å². The molecule has 2 heterocycles. The Balaban J connectivity index is 1.52. The summed E-state index contributed by atoms with van der Waals surface area (Å²) < 4.78 is 7.48. The highest BCUT2D eigenvalue weighted by atomic mass is 16.5. The molecule has 3 aromatic carbocycles. The second-order valence-corrected chi connectivity index (χ2v) is 7.41. The number of ether oxygens (including phenoxy) is 1. The van der Waals surface area contributed by atoms with Crippen molar-refractivity contribution in [2.24, 2.45) is 0 Å². The van der Waals surface area contributed by atoms with E-state index in [0.717, 1.165) is 29.1 Å². The first-order chi connectivity index (χ1) is 15.2. The van der Waals surface area contributed by atoms with Crippen LogP contribution in [0.25, 0.3) is 11.3 Å². The van der Waals surface area contributed by atoms with E-state index in [0.29, 0.717) is 18.0 Å². The van der Waals surface area contributed by atoms with Crippen molar-refractivity contribution < 1.29 is 14.6 Å². The van der Waals surface area contributed by atoms with Gasteiger partial charge in [0.05, 0.1) is 0 Å². The molecular weight excluding hydrogens is 390 g/mol. The van der Waals surface area contributed by atoms with Gasteiger partial charge in [-0.25, -0.2) is 14.5 Å². The zero-order chi connectivity index (χ0) is 21.2. The van der Waals surface area contributed by atoms with Gasteiger partial charge in [0.1, 0.15) is 23.0 Å². The smallest absolute Gasteiger partial charge is 0.356 e. The molecule has 1 aliphatic heterocycles. The van der Waals surface area contributed by atoms with Crippen LogP contribution >= 0.6 is 0 Å². The van der Waals surface area contributed by atoms with Gasteiger partial charge in [0.15, 0.2) is 5.69 Å². The minimum atomic E-state index is -1.01. The van der Waals surface area contributed by atoms with E-state index in [2.05, 4.69) is 17.6 Å². The van der Waals surface area contributed by atoms with Crippen molar-refractivity contribution in [1.82, 2.24) is 9.66 Å². The predicted octanol–water partition coefficient (Wildman–Crippen LogP) is 5.12. The third-order valence-electron chi connectivity index (χ3n) is 5.43. The topological polar surface area (TPSA) is 76.4 Å². The molecule has 5 rings (SSSR count). The van der Waals surface area contributed by atoms with Gasteiger partial charge < -0.3 is 15.3 Å². The number of carboxylic acids is 1. The highest BCUT2D eigenvalue weighted by Gasteiger charge is 2.31. The zero-order valence-corrected chi connectivity index (χ0v) is 16.7. The van der Waals surface area contributed by atoms with Crippen LogP contribution in [0.2, 0.25) is 0 Å². The van der Waals surface area contributed by atoms with E-state index in [9.17, 15) is 9.90 Å². The Morgan fingerprint density at radius 1 is 0.935 bits per heavy atom. The van der Waals surface area contributed by atoms with Crippen LogP contribution in [0.5, 0.6) is 11.5 Å². The van der Waals surface area contributed by atoms with E-state index in [4.69, 9.17) is 9.72 Å². The normalized spacial score (nSPS) is 15.0. The van der Waals surface area contributed by atoms with Crippen LogP contribution < -0.4 is 10.2 Å². The number of carboxylic acid groups (broad SMARTS) is 1. The maximum absolute atomic E-state index is 12.2. The number of nitrogens with zero attached hydrogens (tertiary/aromatic N) is 2. The number of benzene rings is 3. The summed E-state index contributed by atoms with van der Waals surface area (Å²) in [5, 5.41) is 9.95. The molecule has 1 aliphatic rings. The molecule has 0 radical (unpaired) electrons. The van der Waals surface area contributed by atoms with Crippen molar-refractivity contribution in [2.45, 2.75) is 12.3 Å². The number of para-hydroxylation sites is 1. The number of aromatic nitrogens is 2. The Morgan fingerprint density at radius 2 is 1.58 bits per heavy atom. The molecule has 1 aromatic heterocycles. The maximum atomic E-state index is 12.2. The SMILES string of the molecule is O=C(O)c1c(-c2ccc(Oc3ccccc3)cc2)nc2n1NCCC2c1ccccc1. The van der Waals surface area contributed by atoms with E-state index >= 15 is 0 Å². The van der Waals surface area contributed by atoms with Crippen molar-refractivity contribution in [3.63, 3.8) is 0 Å². The molecule has 6 heteroatoms. The quantitative estimate of drug-likeness (QED) is 0.477. The molecule has 0 amide bonds. The van der Waals surface area contributed by atoms with Crippen LogP contribution in [0.4, 0.5) is 0 Å². The fourth-order valence-electron chi connectivity index (χ4n) is 3.99. The number of imidazole rings is 1. The first-order valence-corrected chi connectivity index (χ1v) is 10.2. The number of carbonyl (C=O) groups is 1. The second-order valence-electron chi connectivity index (χ2n) is 7.41. The van der Waals surface area contributed by atoms with Gasteiger partial charge in [-0.05, 0) is 48.4 Å². The average molecular weight is 411 g/mol. The van der Waals surface area contributed by atoms with E-state index in [1.54, 1.807) is 4.68 Å². The molecule has 0 aliphatic carbocycles. The standard InChI is InChI=1S/C25H21N3O3/c29-25(30)23-22(18-11-13-20(14-12-18)31-19-9-5-2-6-10-19)27-24-21(15-16-26-28(23)24)17-7-3-1-4-8-17/h1-14,21,26H,15-16H2,(H,29,30). The minimum absolute atomic E-state index is 0.0370. The Morgan fingerprint density at radius 3 is 2.26 bits per heavy atom. The summed E-state index contributed by atoms with van der Waals surface area (Å²) in [6, 6.07) is 27.0. The Labute approximate surface area is 179 Å². The lowest BCUT2D eigenvalue weighted by Crippen LogP contribution is -2.30. The fraction of sp³-hybridized carbons (Fsp3) is 0.120. The van der Waals surface area contributed by atoms with E-state index < -0.39 is 5.97 Å². The number of aromatic carboxylic acids is 1. The van der Waals surface area contributed by atoms with Gasteiger partial charge in [-0.2, -0.15) is 0 Å². The zero-order valence-electron chi connectivity index (χ0n) is 16.7. The van der Waals surface area contributed by atoms with Crippen LogP contribution in [-0.4, -0.2) is 27.3 Å². The summed E-state index contributed by atoms with van der Waals surface area (Å²) in [5.74, 6) is 1.16. The fourth-order valence-corrected chi connectivity index (χ4v) is 3.99. The predicted molar refractivity (Wildman–Crippen MR) is 118 cm³/mol. The maximum Gasteiger partial charge on any atom is 0.356 e. The van der Waals surface area contributed by atoms with Crippen molar-refractivity contribution >= 4 is 5.97 Å². The molecule has 4 aromatic rings. The summed E-state index contributed by atoms with van der Waals surface area (Å²) in [6.07, 6.45) is 0.851. The largest absolute Gasteiger partial charge is 0.476 e. The molecule has 0 saturated carbocycles. The third-order valence-corrected chi connectivity index (χ3v) is 5.43. The Hall–Kier alpha value is -4.06. The summed E-state index contributed by atoms with van der Waals surface area (Å²) in [4.78, 5) is 16.9. The summed E-state index contributed by atoms with van der Waals surface area (Å²) in [5.41, 5.74) is 5.65. The molecule has 2 N–H and O–H groups in total. The molecule has 1 atom stereocenters. The third kappa shape index (κ3) is 3.64. The highest BCUT2D eigenvalue weighted by molar-refractivity contribution is 5.93. The number of fused-ring (bicyclic) bond motifs is 1. The number of rotatable bonds is 5. The molecule has 0 fully saturated rings. The monoisotopic (exact) mass is 411 g/mol. The number of hydrogen-bond acceptors (Lipinski definition) is 4. The van der Waals surface area contributed by atoms with Crippen LogP contribution in [0.1, 0.15) is 34.2 Å². The molecule has 0 saturated heterocycles. The van der Waals surface area contributed by atoms with E-state index in [1.165, 1.54) is 0 Å². The Kier molecular flexibility index (Phi) is 4.88. The lowest BCUT2D eigenvalue weighted by Gasteiger charge is -2.25. The number of nitrogens with one attached hydrogen (secondary N) is 1. The summed E-state index contributed by atoms with van der Waals surface area (Å²) in [7, 11) is 0. The second kappa shape index (κ2) is 7.99. The van der Waals surface area contributed by atoms with Gasteiger partial charge in [-0.3, -0.25) is 0 Å². The van der Waals surface area contributed by atoms with Crippen molar-refractivity contribution in [1.29, 1.82) is 0 Å². The minimum Gasteiger partial charge on any atom is -0.476 e. The van der Waals surface area contributed by atoms with Crippen molar-refractivity contribution in [3.05, 3.63) is 102 Å². The highest BCUT2D eigenvalue weighted by Crippen LogP contribution is 2.35. The van der Waals surface area contributed by atoms with Gasteiger partial charge in [0.25, 0.3) is 0 Å². The lowest BCUT2D eigenvalue weighted by atomic mass is 9.94. The molecule has 0 bridgehead atoms. The van der Waals surface area contributed by atoms with Crippen molar-refractivity contribution in [3.8, 4) is 22.8 Å². The van der Waals surface area contributed by atoms with Gasteiger partial charge in [0.2, 0.25) is 0 Å². The molecular formula is C25H21N3O3. The van der Waals surface area contributed by atoms with Crippen LogP contribution in [0.15, 0.2) is 84.9 Å². The van der Waals surface area contributed by atoms with E-state index in [-0.39, 0.29) is 11.6 Å². The number of hydrogen-bond donors (Lipinski definition) is 2. The first-order valence-electron chi connectivity index (χ1n) is 10.2. The average Bonchev–Trinajstić information content (AvgIpc) is 3.21. The molecule has 31 heavy (non-hydrogen) atoms. The van der Waals surface area contributed by atoms with Crippen LogP contribution in [0, 0.1) is 0 Å². The summed E-state index contributed by atoms with van der Waals surface area (Å²) >= 11 is 0. The van der Waals surface area contributed by atoms with Gasteiger partial charge >= 0.3 is 5.97 Å².